The van der Waals surface area contributed by atoms with Crippen molar-refractivity contribution in [1.82, 2.24) is 5.32 Å². The maximum absolute atomic E-state index is 11.7. The molecule has 0 spiro atoms. The van der Waals surface area contributed by atoms with Crippen LogP contribution in [0.15, 0.2) is 0 Å². The summed E-state index contributed by atoms with van der Waals surface area (Å²) in [5.41, 5.74) is 0. The molecular formula is C13H24F3NO3. The molecule has 0 atom stereocenters. The molecule has 0 aromatic heterocycles. The van der Waals surface area contributed by atoms with E-state index in [1.54, 1.807) is 6.92 Å². The van der Waals surface area contributed by atoms with Crippen LogP contribution in [0.1, 0.15) is 52.9 Å². The fourth-order valence-corrected chi connectivity index (χ4v) is 1.16. The second-order valence-electron chi connectivity index (χ2n) is 3.79. The Morgan fingerprint density at radius 1 is 1.10 bits per heavy atom. The van der Waals surface area contributed by atoms with E-state index in [9.17, 15) is 22.8 Å². The van der Waals surface area contributed by atoms with Gasteiger partial charge >= 0.3 is 12.1 Å². The molecule has 1 amide bonds. The number of halogens is 3. The lowest BCUT2D eigenvalue weighted by atomic mass is 10.2. The molecule has 120 valence electrons. The summed E-state index contributed by atoms with van der Waals surface area (Å²) in [6.45, 7) is 4.73. The Morgan fingerprint density at radius 2 is 1.70 bits per heavy atom. The number of esters is 1. The molecule has 20 heavy (non-hydrogen) atoms. The average Bonchev–Trinajstić information content (AvgIpc) is 2.41. The van der Waals surface area contributed by atoms with Crippen LogP contribution in [-0.2, 0) is 14.3 Å². The van der Waals surface area contributed by atoms with E-state index in [1.807, 2.05) is 13.8 Å². The highest BCUT2D eigenvalue weighted by Gasteiger charge is 2.29. The summed E-state index contributed by atoms with van der Waals surface area (Å²) in [6, 6.07) is 0. The van der Waals surface area contributed by atoms with Gasteiger partial charge in [-0.25, -0.2) is 0 Å². The lowest BCUT2D eigenvalue weighted by molar-refractivity contribution is -0.186. The maximum atomic E-state index is 11.7. The minimum Gasteiger partial charge on any atom is -0.456 e. The van der Waals surface area contributed by atoms with Gasteiger partial charge in [-0.05, 0) is 12.8 Å². The predicted octanol–water partition coefficient (Wildman–Crippen LogP) is 3.20. The molecule has 7 heteroatoms. The number of nitrogens with one attached hydrogen (secondary N) is 1. The molecule has 0 aromatic carbocycles. The van der Waals surface area contributed by atoms with Crippen LogP contribution in [0.2, 0.25) is 0 Å². The van der Waals surface area contributed by atoms with E-state index in [2.05, 4.69) is 10.1 Å². The van der Waals surface area contributed by atoms with Crippen molar-refractivity contribution in [3.8, 4) is 0 Å². The van der Waals surface area contributed by atoms with Crippen LogP contribution < -0.4 is 5.32 Å². The first-order valence-corrected chi connectivity index (χ1v) is 6.84. The molecule has 0 saturated heterocycles. The van der Waals surface area contributed by atoms with E-state index < -0.39 is 18.8 Å². The summed E-state index contributed by atoms with van der Waals surface area (Å²) < 4.78 is 39.1. The van der Waals surface area contributed by atoms with Gasteiger partial charge in [-0.15, -0.1) is 0 Å². The highest BCUT2D eigenvalue weighted by Crippen LogP contribution is 2.15. The summed E-state index contributed by atoms with van der Waals surface area (Å²) in [5, 5.41) is 2.66. The zero-order chi connectivity index (χ0) is 16.0. The molecule has 0 aliphatic carbocycles. The van der Waals surface area contributed by atoms with Gasteiger partial charge in [0.2, 0.25) is 5.91 Å². The molecule has 0 aliphatic heterocycles. The van der Waals surface area contributed by atoms with Gasteiger partial charge in [0.1, 0.15) is 0 Å². The SMILES string of the molecule is CC.CCC(=O)NCCCCCC(=O)OCC(F)(F)F. The Hall–Kier alpha value is -1.27. The first kappa shape index (κ1) is 21.0. The van der Waals surface area contributed by atoms with Crippen molar-refractivity contribution in [1.29, 1.82) is 0 Å². The third kappa shape index (κ3) is 16.7. The molecule has 0 aliphatic rings. The maximum Gasteiger partial charge on any atom is 0.422 e. The molecule has 4 nitrogen and oxygen atoms in total. The average molecular weight is 299 g/mol. The first-order valence-electron chi connectivity index (χ1n) is 6.84. The van der Waals surface area contributed by atoms with Crippen molar-refractivity contribution in [2.75, 3.05) is 13.2 Å². The molecule has 0 aromatic rings. The fraction of sp³-hybridized carbons (Fsp3) is 0.846. The quantitative estimate of drug-likeness (QED) is 0.553. The number of amides is 1. The molecule has 0 heterocycles. The Morgan fingerprint density at radius 3 is 2.20 bits per heavy atom. The van der Waals surface area contributed by atoms with Gasteiger partial charge in [0.25, 0.3) is 0 Å². The molecule has 1 N–H and O–H groups in total. The number of hydrogen-bond acceptors (Lipinski definition) is 3. The Balaban J connectivity index is 0. The van der Waals surface area contributed by atoms with Crippen LogP contribution in [0.5, 0.6) is 0 Å². The van der Waals surface area contributed by atoms with Crippen LogP contribution in [0.4, 0.5) is 13.2 Å². The van der Waals surface area contributed by atoms with Gasteiger partial charge in [0.05, 0.1) is 0 Å². The molecule has 0 rings (SSSR count). The van der Waals surface area contributed by atoms with Crippen molar-refractivity contribution in [2.24, 2.45) is 0 Å². The van der Waals surface area contributed by atoms with Gasteiger partial charge < -0.3 is 10.1 Å². The zero-order valence-corrected chi connectivity index (χ0v) is 12.3. The summed E-state index contributed by atoms with van der Waals surface area (Å²) >= 11 is 0. The second kappa shape index (κ2) is 12.7. The van der Waals surface area contributed by atoms with Gasteiger partial charge in [-0.3, -0.25) is 9.59 Å². The third-order valence-corrected chi connectivity index (χ3v) is 2.10. The molecule has 0 fully saturated rings. The highest BCUT2D eigenvalue weighted by molar-refractivity contribution is 5.75. The summed E-state index contributed by atoms with van der Waals surface area (Å²) in [7, 11) is 0. The Labute approximate surface area is 118 Å². The van der Waals surface area contributed by atoms with Crippen LogP contribution in [0.25, 0.3) is 0 Å². The topological polar surface area (TPSA) is 55.4 Å². The summed E-state index contributed by atoms with van der Waals surface area (Å²) in [5.74, 6) is -0.885. The fourth-order valence-electron chi connectivity index (χ4n) is 1.16. The molecule has 0 unspecified atom stereocenters. The smallest absolute Gasteiger partial charge is 0.422 e. The van der Waals surface area contributed by atoms with Crippen LogP contribution >= 0.6 is 0 Å². The van der Waals surface area contributed by atoms with E-state index in [0.29, 0.717) is 32.2 Å². The lowest BCUT2D eigenvalue weighted by Gasteiger charge is -2.07. The Kier molecular flexibility index (Phi) is 13.4. The van der Waals surface area contributed by atoms with Crippen molar-refractivity contribution in [3.05, 3.63) is 0 Å². The minimum atomic E-state index is -4.47. The monoisotopic (exact) mass is 299 g/mol. The highest BCUT2D eigenvalue weighted by atomic mass is 19.4. The third-order valence-electron chi connectivity index (χ3n) is 2.10. The van der Waals surface area contributed by atoms with Crippen molar-refractivity contribution in [2.45, 2.75) is 59.1 Å². The van der Waals surface area contributed by atoms with E-state index in [1.165, 1.54) is 0 Å². The number of rotatable bonds is 8. The predicted molar refractivity (Wildman–Crippen MR) is 70.1 cm³/mol. The largest absolute Gasteiger partial charge is 0.456 e. The number of ether oxygens (including phenoxy) is 1. The normalized spacial score (nSPS) is 10.3. The van der Waals surface area contributed by atoms with Crippen molar-refractivity contribution < 1.29 is 27.5 Å². The van der Waals surface area contributed by atoms with Gasteiger partial charge in [0, 0.05) is 19.4 Å². The van der Waals surface area contributed by atoms with E-state index in [0.717, 1.165) is 0 Å². The summed E-state index contributed by atoms with van der Waals surface area (Å²) in [4.78, 5) is 21.7. The second-order valence-corrected chi connectivity index (χ2v) is 3.79. The van der Waals surface area contributed by atoms with E-state index in [-0.39, 0.29) is 12.3 Å². The molecule has 0 bridgehead atoms. The molecule has 0 saturated carbocycles. The number of unbranched alkanes of at least 4 members (excludes halogenated alkanes) is 2. The van der Waals surface area contributed by atoms with Crippen LogP contribution in [0, 0.1) is 0 Å². The van der Waals surface area contributed by atoms with Crippen LogP contribution in [-0.4, -0.2) is 31.2 Å². The van der Waals surface area contributed by atoms with Gasteiger partial charge in [0.15, 0.2) is 6.61 Å². The Bertz CT molecular complexity index is 268. The van der Waals surface area contributed by atoms with E-state index in [4.69, 9.17) is 0 Å². The number of alkyl halides is 3. The van der Waals surface area contributed by atoms with E-state index >= 15 is 0 Å². The molecular weight excluding hydrogens is 275 g/mol. The molecule has 0 radical (unpaired) electrons. The van der Waals surface area contributed by atoms with Crippen molar-refractivity contribution >= 4 is 11.9 Å². The number of hydrogen-bond donors (Lipinski definition) is 1. The first-order chi connectivity index (χ1) is 9.35. The summed E-state index contributed by atoms with van der Waals surface area (Å²) in [6.07, 6.45) is -2.27. The number of carbonyl (C=O) groups is 2. The number of carbonyl (C=O) groups excluding carboxylic acids is 2. The standard InChI is InChI=1S/C11H18F3NO3.C2H6/c1-2-9(16)15-7-5-3-4-6-10(17)18-8-11(12,13)14;1-2/h2-8H2,1H3,(H,15,16);1-2H3. The van der Waals surface area contributed by atoms with Crippen molar-refractivity contribution in [3.63, 3.8) is 0 Å². The zero-order valence-electron chi connectivity index (χ0n) is 12.3. The van der Waals surface area contributed by atoms with Crippen LogP contribution in [0.3, 0.4) is 0 Å². The minimum absolute atomic E-state index is 0.0300. The van der Waals surface area contributed by atoms with Gasteiger partial charge in [-0.1, -0.05) is 27.2 Å². The lowest BCUT2D eigenvalue weighted by Crippen LogP contribution is -2.23. The van der Waals surface area contributed by atoms with Gasteiger partial charge in [-0.2, -0.15) is 13.2 Å².